The molecule has 0 aromatic heterocycles. The van der Waals surface area contributed by atoms with Gasteiger partial charge in [0, 0.05) is 4.47 Å². The predicted octanol–water partition coefficient (Wildman–Crippen LogP) is 3.81. The van der Waals surface area contributed by atoms with E-state index < -0.39 is 0 Å². The van der Waals surface area contributed by atoms with Crippen LogP contribution in [0.5, 0.6) is 0 Å². The first kappa shape index (κ1) is 11.7. The van der Waals surface area contributed by atoms with E-state index in [1.54, 1.807) is 0 Å². The lowest BCUT2D eigenvalue weighted by molar-refractivity contribution is 0.0659. The quantitative estimate of drug-likeness (QED) is 0.779. The highest BCUT2D eigenvalue weighted by molar-refractivity contribution is 9.10. The smallest absolute Gasteiger partial charge is 0.0544 e. The van der Waals surface area contributed by atoms with Crippen molar-refractivity contribution in [2.24, 2.45) is 0 Å². The van der Waals surface area contributed by atoms with E-state index in [0.29, 0.717) is 6.10 Å². The van der Waals surface area contributed by atoms with E-state index in [1.165, 1.54) is 5.56 Å². The van der Waals surface area contributed by atoms with Crippen molar-refractivity contribution in [1.29, 1.82) is 0 Å². The number of hydrogen-bond acceptors (Lipinski definition) is 1. The van der Waals surface area contributed by atoms with Crippen molar-refractivity contribution in [3.05, 3.63) is 34.3 Å². The number of ether oxygens (including phenoxy) is 1. The van der Waals surface area contributed by atoms with E-state index in [9.17, 15) is 0 Å². The summed E-state index contributed by atoms with van der Waals surface area (Å²) in [7, 11) is 0. The highest BCUT2D eigenvalue weighted by Gasteiger charge is 1.98. The molecule has 1 nitrogen and oxygen atoms in total. The van der Waals surface area contributed by atoms with Gasteiger partial charge >= 0.3 is 0 Å². The first-order valence-corrected chi connectivity index (χ1v) is 5.87. The van der Waals surface area contributed by atoms with Crippen LogP contribution in [0.1, 0.15) is 25.8 Å². The van der Waals surface area contributed by atoms with E-state index in [4.69, 9.17) is 4.74 Å². The summed E-state index contributed by atoms with van der Waals surface area (Å²) in [6.45, 7) is 5.07. The van der Waals surface area contributed by atoms with Gasteiger partial charge in [0.15, 0.2) is 0 Å². The van der Waals surface area contributed by atoms with Crippen LogP contribution in [0.15, 0.2) is 28.7 Å². The van der Waals surface area contributed by atoms with Crippen LogP contribution in [-0.2, 0) is 11.2 Å². The Labute approximate surface area is 94.6 Å². The minimum Gasteiger partial charge on any atom is -0.378 e. The van der Waals surface area contributed by atoms with Gasteiger partial charge < -0.3 is 4.74 Å². The Hall–Kier alpha value is -0.340. The standard InChI is InChI=1S/C12H17BrO/c1-3-10(2)14-9-8-11-4-6-12(13)7-5-11/h4-7,10H,3,8-9H2,1-2H3. The predicted molar refractivity (Wildman–Crippen MR) is 63.6 cm³/mol. The van der Waals surface area contributed by atoms with E-state index >= 15 is 0 Å². The van der Waals surface area contributed by atoms with Crippen molar-refractivity contribution >= 4 is 15.9 Å². The maximum atomic E-state index is 5.61. The molecule has 0 saturated carbocycles. The molecule has 0 fully saturated rings. The fraction of sp³-hybridized carbons (Fsp3) is 0.500. The van der Waals surface area contributed by atoms with Gasteiger partial charge in [-0.2, -0.15) is 0 Å². The summed E-state index contributed by atoms with van der Waals surface area (Å²) in [5, 5.41) is 0. The third-order valence-corrected chi connectivity index (χ3v) is 2.81. The normalized spacial score (nSPS) is 12.8. The molecule has 0 saturated heterocycles. The Kier molecular flexibility index (Phi) is 5.20. The first-order valence-electron chi connectivity index (χ1n) is 5.08. The van der Waals surface area contributed by atoms with Crippen LogP contribution in [0, 0.1) is 0 Å². The third kappa shape index (κ3) is 4.25. The summed E-state index contributed by atoms with van der Waals surface area (Å²) in [6.07, 6.45) is 2.46. The van der Waals surface area contributed by atoms with E-state index in [1.807, 2.05) is 0 Å². The molecule has 0 aliphatic rings. The second-order valence-electron chi connectivity index (χ2n) is 3.47. The highest BCUT2D eigenvalue weighted by atomic mass is 79.9. The van der Waals surface area contributed by atoms with Crippen molar-refractivity contribution in [1.82, 2.24) is 0 Å². The molecule has 1 aromatic rings. The molecular weight excluding hydrogens is 240 g/mol. The summed E-state index contributed by atoms with van der Waals surface area (Å²) < 4.78 is 6.74. The van der Waals surface area contributed by atoms with Gasteiger partial charge in [-0.15, -0.1) is 0 Å². The molecule has 1 aromatic carbocycles. The molecule has 0 amide bonds. The Morgan fingerprint density at radius 3 is 2.50 bits per heavy atom. The van der Waals surface area contributed by atoms with Crippen molar-refractivity contribution in [2.75, 3.05) is 6.61 Å². The van der Waals surface area contributed by atoms with Crippen LogP contribution in [0.2, 0.25) is 0 Å². The molecule has 0 aliphatic carbocycles. The largest absolute Gasteiger partial charge is 0.378 e. The van der Waals surface area contributed by atoms with E-state index in [0.717, 1.165) is 23.9 Å². The SMILES string of the molecule is CCC(C)OCCc1ccc(Br)cc1. The van der Waals surface area contributed by atoms with Crippen molar-refractivity contribution in [3.63, 3.8) is 0 Å². The zero-order chi connectivity index (χ0) is 10.4. The molecule has 1 atom stereocenters. The highest BCUT2D eigenvalue weighted by Crippen LogP contribution is 2.11. The zero-order valence-corrected chi connectivity index (χ0v) is 10.4. The van der Waals surface area contributed by atoms with Gasteiger partial charge in [0.05, 0.1) is 12.7 Å². The minimum atomic E-state index is 0.380. The number of hydrogen-bond donors (Lipinski definition) is 0. The second-order valence-corrected chi connectivity index (χ2v) is 4.38. The summed E-state index contributed by atoms with van der Waals surface area (Å²) in [5.41, 5.74) is 1.33. The molecule has 0 aliphatic heterocycles. The summed E-state index contributed by atoms with van der Waals surface area (Å²) in [6, 6.07) is 8.39. The minimum absolute atomic E-state index is 0.380. The molecule has 2 heteroatoms. The molecule has 14 heavy (non-hydrogen) atoms. The first-order chi connectivity index (χ1) is 6.72. The number of rotatable bonds is 5. The van der Waals surface area contributed by atoms with Gasteiger partial charge in [-0.05, 0) is 37.5 Å². The molecule has 1 unspecified atom stereocenters. The molecule has 0 heterocycles. The van der Waals surface area contributed by atoms with Crippen LogP contribution >= 0.6 is 15.9 Å². The van der Waals surface area contributed by atoms with Crippen molar-refractivity contribution < 1.29 is 4.74 Å². The fourth-order valence-corrected chi connectivity index (χ4v) is 1.41. The average molecular weight is 257 g/mol. The molecule has 0 N–H and O–H groups in total. The summed E-state index contributed by atoms with van der Waals surface area (Å²) in [4.78, 5) is 0. The maximum absolute atomic E-state index is 5.61. The molecule has 0 spiro atoms. The van der Waals surface area contributed by atoms with Crippen LogP contribution in [0.4, 0.5) is 0 Å². The molecular formula is C12H17BrO. The monoisotopic (exact) mass is 256 g/mol. The van der Waals surface area contributed by atoms with Gasteiger partial charge in [-0.25, -0.2) is 0 Å². The Morgan fingerprint density at radius 2 is 1.93 bits per heavy atom. The summed E-state index contributed by atoms with van der Waals surface area (Å²) >= 11 is 3.42. The Bertz CT molecular complexity index is 256. The average Bonchev–Trinajstić information content (AvgIpc) is 2.21. The van der Waals surface area contributed by atoms with E-state index in [-0.39, 0.29) is 0 Å². The molecule has 0 radical (unpaired) electrons. The van der Waals surface area contributed by atoms with Crippen molar-refractivity contribution in [3.8, 4) is 0 Å². The number of halogens is 1. The lowest BCUT2D eigenvalue weighted by Gasteiger charge is -2.10. The van der Waals surface area contributed by atoms with Crippen LogP contribution in [0.25, 0.3) is 0 Å². The van der Waals surface area contributed by atoms with Crippen LogP contribution < -0.4 is 0 Å². The van der Waals surface area contributed by atoms with Gasteiger partial charge in [-0.3, -0.25) is 0 Å². The third-order valence-electron chi connectivity index (χ3n) is 2.28. The topological polar surface area (TPSA) is 9.23 Å². The van der Waals surface area contributed by atoms with Gasteiger partial charge in [0.25, 0.3) is 0 Å². The lowest BCUT2D eigenvalue weighted by Crippen LogP contribution is -2.09. The van der Waals surface area contributed by atoms with Gasteiger partial charge in [-0.1, -0.05) is 35.0 Å². The molecule has 1 rings (SSSR count). The van der Waals surface area contributed by atoms with Crippen LogP contribution in [-0.4, -0.2) is 12.7 Å². The number of benzene rings is 1. The second kappa shape index (κ2) is 6.20. The molecule has 78 valence electrons. The van der Waals surface area contributed by atoms with Crippen molar-refractivity contribution in [2.45, 2.75) is 32.8 Å². The summed E-state index contributed by atoms with van der Waals surface area (Å²) in [5.74, 6) is 0. The van der Waals surface area contributed by atoms with Gasteiger partial charge in [0.2, 0.25) is 0 Å². The van der Waals surface area contributed by atoms with E-state index in [2.05, 4.69) is 54.0 Å². The Morgan fingerprint density at radius 1 is 1.29 bits per heavy atom. The Balaban J connectivity index is 2.28. The maximum Gasteiger partial charge on any atom is 0.0544 e. The lowest BCUT2D eigenvalue weighted by atomic mass is 10.2. The zero-order valence-electron chi connectivity index (χ0n) is 8.79. The van der Waals surface area contributed by atoms with Crippen LogP contribution in [0.3, 0.4) is 0 Å². The fourth-order valence-electron chi connectivity index (χ4n) is 1.15. The molecule has 0 bridgehead atoms. The van der Waals surface area contributed by atoms with Gasteiger partial charge in [0.1, 0.15) is 0 Å².